The maximum Gasteiger partial charge on any atom is 0.307 e. The first-order chi connectivity index (χ1) is 13.0. The van der Waals surface area contributed by atoms with Crippen molar-refractivity contribution < 1.29 is 9.90 Å². The molecule has 4 rings (SSSR count). The Bertz CT molecular complexity index is 970. The predicted octanol–water partition coefficient (Wildman–Crippen LogP) is 4.21. The topological polar surface area (TPSA) is 58.4 Å². The SMILES string of the molecule is CC(c1nc2cc(Cl)ccc2n1Cc1ccccc1)N1CCC(C(=O)O)C1. The third kappa shape index (κ3) is 3.57. The van der Waals surface area contributed by atoms with Gasteiger partial charge in [0.15, 0.2) is 0 Å². The summed E-state index contributed by atoms with van der Waals surface area (Å²) in [6.07, 6.45) is 0.685. The molecule has 1 fully saturated rings. The van der Waals surface area contributed by atoms with Crippen molar-refractivity contribution >= 4 is 28.6 Å². The summed E-state index contributed by atoms with van der Waals surface area (Å²) in [6, 6.07) is 16.1. The number of halogens is 1. The molecule has 0 amide bonds. The summed E-state index contributed by atoms with van der Waals surface area (Å²) >= 11 is 6.18. The monoisotopic (exact) mass is 383 g/mol. The summed E-state index contributed by atoms with van der Waals surface area (Å²) < 4.78 is 2.22. The lowest BCUT2D eigenvalue weighted by molar-refractivity contribution is -0.141. The van der Waals surface area contributed by atoms with Crippen LogP contribution in [0.2, 0.25) is 5.02 Å². The van der Waals surface area contributed by atoms with E-state index in [1.165, 1.54) is 5.56 Å². The number of benzene rings is 2. The van der Waals surface area contributed by atoms with Crippen LogP contribution in [0.15, 0.2) is 48.5 Å². The normalized spacial score (nSPS) is 18.8. The van der Waals surface area contributed by atoms with E-state index in [0.717, 1.165) is 29.9 Å². The molecule has 1 aliphatic heterocycles. The first-order valence-corrected chi connectivity index (χ1v) is 9.57. The van der Waals surface area contributed by atoms with Gasteiger partial charge >= 0.3 is 5.97 Å². The molecule has 1 aliphatic rings. The van der Waals surface area contributed by atoms with E-state index in [1.807, 2.05) is 36.4 Å². The molecule has 5 nitrogen and oxygen atoms in total. The van der Waals surface area contributed by atoms with Gasteiger partial charge in [-0.1, -0.05) is 41.9 Å². The first-order valence-electron chi connectivity index (χ1n) is 9.19. The minimum atomic E-state index is -0.714. The lowest BCUT2D eigenvalue weighted by atomic mass is 10.1. The van der Waals surface area contributed by atoms with Crippen LogP contribution in [-0.2, 0) is 11.3 Å². The first kappa shape index (κ1) is 18.0. The Labute approximate surface area is 163 Å². The summed E-state index contributed by atoms with van der Waals surface area (Å²) in [5.74, 6) is -0.0646. The van der Waals surface area contributed by atoms with Gasteiger partial charge in [0.2, 0.25) is 0 Å². The Balaban J connectivity index is 1.72. The van der Waals surface area contributed by atoms with Crippen molar-refractivity contribution in [3.63, 3.8) is 0 Å². The van der Waals surface area contributed by atoms with Crippen molar-refractivity contribution in [2.24, 2.45) is 5.92 Å². The third-order valence-electron chi connectivity index (χ3n) is 5.41. The number of rotatable bonds is 5. The van der Waals surface area contributed by atoms with Crippen molar-refractivity contribution in [1.29, 1.82) is 0 Å². The third-order valence-corrected chi connectivity index (χ3v) is 5.65. The molecule has 27 heavy (non-hydrogen) atoms. The molecule has 6 heteroatoms. The maximum absolute atomic E-state index is 11.3. The van der Waals surface area contributed by atoms with Gasteiger partial charge in [-0.15, -0.1) is 0 Å². The van der Waals surface area contributed by atoms with Crippen LogP contribution in [0.5, 0.6) is 0 Å². The summed E-state index contributed by atoms with van der Waals surface area (Å²) in [6.45, 7) is 4.16. The van der Waals surface area contributed by atoms with Crippen LogP contribution in [-0.4, -0.2) is 38.6 Å². The van der Waals surface area contributed by atoms with E-state index in [1.54, 1.807) is 0 Å². The highest BCUT2D eigenvalue weighted by Crippen LogP contribution is 2.31. The van der Waals surface area contributed by atoms with E-state index in [4.69, 9.17) is 16.6 Å². The second-order valence-electron chi connectivity index (χ2n) is 7.17. The number of carboxylic acids is 1. The zero-order chi connectivity index (χ0) is 19.0. The van der Waals surface area contributed by atoms with Gasteiger partial charge in [0, 0.05) is 18.1 Å². The number of hydrogen-bond donors (Lipinski definition) is 1. The van der Waals surface area contributed by atoms with Gasteiger partial charge in [0.25, 0.3) is 0 Å². The molecule has 0 saturated carbocycles. The minimum Gasteiger partial charge on any atom is -0.481 e. The number of fused-ring (bicyclic) bond motifs is 1. The summed E-state index contributed by atoms with van der Waals surface area (Å²) in [5.41, 5.74) is 3.11. The van der Waals surface area contributed by atoms with Crippen LogP contribution in [0.3, 0.4) is 0 Å². The second-order valence-corrected chi connectivity index (χ2v) is 7.61. The van der Waals surface area contributed by atoms with Crippen LogP contribution in [0.25, 0.3) is 11.0 Å². The Kier molecular flexibility index (Phi) is 4.89. The molecule has 2 aromatic carbocycles. The quantitative estimate of drug-likeness (QED) is 0.717. The van der Waals surface area contributed by atoms with Crippen LogP contribution >= 0.6 is 11.6 Å². The number of imidazole rings is 1. The standard InChI is InChI=1S/C21H22ClN3O2/c1-14(24-10-9-16(13-24)21(26)27)20-23-18-11-17(22)7-8-19(18)25(20)12-15-5-3-2-4-6-15/h2-8,11,14,16H,9-10,12-13H2,1H3,(H,26,27). The smallest absolute Gasteiger partial charge is 0.307 e. The van der Waals surface area contributed by atoms with Gasteiger partial charge < -0.3 is 9.67 Å². The van der Waals surface area contributed by atoms with Crippen LogP contribution in [0, 0.1) is 5.92 Å². The van der Waals surface area contributed by atoms with E-state index in [0.29, 0.717) is 18.0 Å². The molecule has 0 bridgehead atoms. The second kappa shape index (κ2) is 7.33. The summed E-state index contributed by atoms with van der Waals surface area (Å²) in [5, 5.41) is 9.98. The van der Waals surface area contributed by atoms with Gasteiger partial charge in [-0.2, -0.15) is 0 Å². The number of carboxylic acid groups (broad SMARTS) is 1. The lowest BCUT2D eigenvalue weighted by Gasteiger charge is -2.24. The minimum absolute atomic E-state index is 0.0317. The highest BCUT2D eigenvalue weighted by Gasteiger charge is 2.33. The van der Waals surface area contributed by atoms with Crippen LogP contribution < -0.4 is 0 Å². The van der Waals surface area contributed by atoms with Crippen molar-refractivity contribution in [3.05, 3.63) is 64.9 Å². The number of hydrogen-bond acceptors (Lipinski definition) is 3. The van der Waals surface area contributed by atoms with E-state index in [9.17, 15) is 9.90 Å². The Morgan fingerprint density at radius 2 is 2.07 bits per heavy atom. The van der Waals surface area contributed by atoms with Crippen molar-refractivity contribution in [1.82, 2.24) is 14.5 Å². The molecule has 0 spiro atoms. The zero-order valence-corrected chi connectivity index (χ0v) is 15.9. The number of aromatic nitrogens is 2. The number of nitrogens with zero attached hydrogens (tertiary/aromatic N) is 3. The summed E-state index contributed by atoms with van der Waals surface area (Å²) in [7, 11) is 0. The molecular formula is C21H22ClN3O2. The Morgan fingerprint density at radius 3 is 2.78 bits per heavy atom. The van der Waals surface area contributed by atoms with Gasteiger partial charge in [-0.05, 0) is 43.7 Å². The van der Waals surface area contributed by atoms with Crippen LogP contribution in [0.4, 0.5) is 0 Å². The molecule has 140 valence electrons. The van der Waals surface area contributed by atoms with Crippen molar-refractivity contribution in [2.75, 3.05) is 13.1 Å². The Hall–Kier alpha value is -2.37. The molecule has 3 aromatic rings. The van der Waals surface area contributed by atoms with Crippen LogP contribution in [0.1, 0.15) is 30.8 Å². The fourth-order valence-electron chi connectivity index (χ4n) is 3.88. The van der Waals surface area contributed by atoms with Gasteiger partial charge in [-0.25, -0.2) is 4.98 Å². The molecule has 2 atom stereocenters. The van der Waals surface area contributed by atoms with E-state index < -0.39 is 5.97 Å². The average molecular weight is 384 g/mol. The molecule has 0 radical (unpaired) electrons. The summed E-state index contributed by atoms with van der Waals surface area (Å²) in [4.78, 5) is 18.4. The van der Waals surface area contributed by atoms with Gasteiger partial charge in [-0.3, -0.25) is 9.69 Å². The maximum atomic E-state index is 11.3. The molecule has 1 saturated heterocycles. The average Bonchev–Trinajstić information content (AvgIpc) is 3.27. The highest BCUT2D eigenvalue weighted by atomic mass is 35.5. The van der Waals surface area contributed by atoms with E-state index >= 15 is 0 Å². The number of carbonyl (C=O) groups is 1. The van der Waals surface area contributed by atoms with Crippen molar-refractivity contribution in [2.45, 2.75) is 25.9 Å². The fourth-order valence-corrected chi connectivity index (χ4v) is 4.04. The molecule has 2 heterocycles. The number of likely N-dealkylation sites (tertiary alicyclic amines) is 1. The molecular weight excluding hydrogens is 362 g/mol. The largest absolute Gasteiger partial charge is 0.481 e. The fraction of sp³-hybridized carbons (Fsp3) is 0.333. The van der Waals surface area contributed by atoms with Crippen molar-refractivity contribution in [3.8, 4) is 0 Å². The highest BCUT2D eigenvalue weighted by molar-refractivity contribution is 6.31. The predicted molar refractivity (Wildman–Crippen MR) is 106 cm³/mol. The van der Waals surface area contributed by atoms with Gasteiger partial charge in [0.1, 0.15) is 5.82 Å². The van der Waals surface area contributed by atoms with E-state index in [2.05, 4.69) is 28.5 Å². The number of aliphatic carboxylic acids is 1. The van der Waals surface area contributed by atoms with Gasteiger partial charge in [0.05, 0.1) is 23.0 Å². The molecule has 2 unspecified atom stereocenters. The van der Waals surface area contributed by atoms with E-state index in [-0.39, 0.29) is 12.0 Å². The molecule has 0 aliphatic carbocycles. The lowest BCUT2D eigenvalue weighted by Crippen LogP contribution is -2.28. The Morgan fingerprint density at radius 1 is 1.30 bits per heavy atom. The zero-order valence-electron chi connectivity index (χ0n) is 15.2. The molecule has 1 N–H and O–H groups in total. The molecule has 1 aromatic heterocycles.